The smallest absolute Gasteiger partial charge is 0.255 e. The lowest BCUT2D eigenvalue weighted by Gasteiger charge is -2.42. The van der Waals surface area contributed by atoms with Crippen molar-refractivity contribution in [3.8, 4) is 0 Å². The minimum atomic E-state index is 0.234. The second kappa shape index (κ2) is 8.21. The number of pyridine rings is 1. The first kappa shape index (κ1) is 19.8. The van der Waals surface area contributed by atoms with Crippen molar-refractivity contribution in [3.63, 3.8) is 0 Å². The van der Waals surface area contributed by atoms with Crippen molar-refractivity contribution in [2.24, 2.45) is 5.92 Å². The average Bonchev–Trinajstić information content (AvgIpc) is 3.20. The lowest BCUT2D eigenvalue weighted by atomic mass is 9.83. The molecule has 2 saturated heterocycles. The molecule has 30 heavy (non-hydrogen) atoms. The predicted molar refractivity (Wildman–Crippen MR) is 116 cm³/mol. The molecule has 2 aromatic rings. The zero-order chi connectivity index (χ0) is 20.7. The van der Waals surface area contributed by atoms with Crippen molar-refractivity contribution >= 4 is 0 Å². The van der Waals surface area contributed by atoms with Crippen LogP contribution in [0.5, 0.6) is 0 Å². The first-order chi connectivity index (χ1) is 14.6. The summed E-state index contributed by atoms with van der Waals surface area (Å²) in [6, 6.07) is 4.92. The molecule has 5 rings (SSSR count). The Balaban J connectivity index is 1.31. The topological polar surface area (TPSA) is 57.5 Å². The largest absolute Gasteiger partial charge is 0.312 e. The number of rotatable bonds is 5. The van der Waals surface area contributed by atoms with Gasteiger partial charge in [-0.1, -0.05) is 6.07 Å². The highest BCUT2D eigenvalue weighted by atomic mass is 16.1. The fraction of sp³-hybridized carbons (Fsp3) is 0.609. The average molecular weight is 409 g/mol. The van der Waals surface area contributed by atoms with Crippen molar-refractivity contribution in [2.75, 3.05) is 40.3 Å². The van der Waals surface area contributed by atoms with Crippen LogP contribution in [0, 0.1) is 5.92 Å². The Hall–Kier alpha value is -2.09. The maximum absolute atomic E-state index is 13.3. The zero-order valence-corrected chi connectivity index (χ0v) is 18.1. The lowest BCUT2D eigenvalue weighted by molar-refractivity contribution is 0.113. The van der Waals surface area contributed by atoms with Gasteiger partial charge in [0, 0.05) is 87.6 Å². The summed E-state index contributed by atoms with van der Waals surface area (Å²) in [7, 11) is 4.29. The molecule has 0 amide bonds. The third-order valence-corrected chi connectivity index (χ3v) is 7.13. The lowest BCUT2D eigenvalue weighted by Crippen LogP contribution is -2.47. The minimum absolute atomic E-state index is 0.234. The van der Waals surface area contributed by atoms with Crippen LogP contribution in [-0.4, -0.2) is 75.6 Å². The normalized spacial score (nSPS) is 26.8. The van der Waals surface area contributed by atoms with Crippen LogP contribution in [0.4, 0.5) is 0 Å². The molecule has 0 aromatic carbocycles. The van der Waals surface area contributed by atoms with Gasteiger partial charge in [-0.05, 0) is 38.9 Å². The molecule has 7 heteroatoms. The van der Waals surface area contributed by atoms with E-state index in [1.54, 1.807) is 12.4 Å². The van der Waals surface area contributed by atoms with Gasteiger partial charge in [0.2, 0.25) is 0 Å². The van der Waals surface area contributed by atoms with Gasteiger partial charge >= 0.3 is 0 Å². The van der Waals surface area contributed by atoms with E-state index in [4.69, 9.17) is 0 Å². The van der Waals surface area contributed by atoms with E-state index in [1.807, 2.05) is 6.20 Å². The van der Waals surface area contributed by atoms with E-state index in [2.05, 4.69) is 55.5 Å². The Morgan fingerprint density at radius 1 is 1.07 bits per heavy atom. The van der Waals surface area contributed by atoms with Crippen LogP contribution in [0.1, 0.15) is 35.7 Å². The van der Waals surface area contributed by atoms with Gasteiger partial charge in [-0.3, -0.25) is 24.6 Å². The van der Waals surface area contributed by atoms with Crippen molar-refractivity contribution in [1.29, 1.82) is 0 Å². The molecule has 0 aliphatic carbocycles. The first-order valence-corrected chi connectivity index (χ1v) is 11.2. The van der Waals surface area contributed by atoms with Crippen LogP contribution in [0.15, 0.2) is 35.5 Å². The van der Waals surface area contributed by atoms with E-state index in [9.17, 15) is 4.79 Å². The molecule has 0 unspecified atom stereocenters. The van der Waals surface area contributed by atoms with Crippen molar-refractivity contribution in [1.82, 2.24) is 29.2 Å². The van der Waals surface area contributed by atoms with E-state index in [1.165, 1.54) is 18.5 Å². The molecule has 0 N–H and O–H groups in total. The number of likely N-dealkylation sites (N-methyl/N-ethyl adjacent to an activating group) is 1. The molecule has 0 radical (unpaired) electrons. The Morgan fingerprint density at radius 2 is 1.97 bits per heavy atom. The van der Waals surface area contributed by atoms with Gasteiger partial charge in [0.25, 0.3) is 5.56 Å². The van der Waals surface area contributed by atoms with Gasteiger partial charge in [-0.15, -0.1) is 0 Å². The summed E-state index contributed by atoms with van der Waals surface area (Å²) in [4.78, 5) is 29.2. The van der Waals surface area contributed by atoms with E-state index in [-0.39, 0.29) is 5.56 Å². The fourth-order valence-electron chi connectivity index (χ4n) is 5.60. The Morgan fingerprint density at radius 3 is 2.73 bits per heavy atom. The summed E-state index contributed by atoms with van der Waals surface area (Å²) in [5.41, 5.74) is 3.43. The molecule has 0 spiro atoms. The standard InChI is InChI=1S/C23H32N6O/c1-26(2)21-5-8-27(16-21)13-18-3-4-22-19-9-17(12-29(22)23(18)30)11-28(14-19)15-20-10-24-6-7-25-20/h3-4,6-7,10,17,19,21H,5,8-9,11-16H2,1-2H3/t17-,19+,21+/m0/s1. The number of piperidine rings is 1. The molecule has 7 nitrogen and oxygen atoms in total. The summed E-state index contributed by atoms with van der Waals surface area (Å²) in [6.07, 6.45) is 7.71. The van der Waals surface area contributed by atoms with E-state index in [0.29, 0.717) is 17.9 Å². The maximum atomic E-state index is 13.3. The number of hydrogen-bond donors (Lipinski definition) is 0. The number of hydrogen-bond acceptors (Lipinski definition) is 6. The summed E-state index contributed by atoms with van der Waals surface area (Å²) >= 11 is 0. The van der Waals surface area contributed by atoms with Crippen molar-refractivity contribution in [3.05, 3.63) is 58.0 Å². The number of likely N-dealkylation sites (tertiary alicyclic amines) is 2. The zero-order valence-electron chi connectivity index (χ0n) is 18.1. The highest BCUT2D eigenvalue weighted by molar-refractivity contribution is 5.22. The monoisotopic (exact) mass is 408 g/mol. The van der Waals surface area contributed by atoms with Crippen LogP contribution < -0.4 is 5.56 Å². The molecular formula is C23H32N6O. The minimum Gasteiger partial charge on any atom is -0.312 e. The molecule has 2 bridgehead atoms. The second-order valence-electron chi connectivity index (χ2n) is 9.53. The SMILES string of the molecule is CN(C)[C@@H]1CCN(Cc2ccc3n(c2=O)C[C@H]2C[C@@H]3CN(Cc3cnccn3)C2)C1. The van der Waals surface area contributed by atoms with Crippen LogP contribution >= 0.6 is 0 Å². The first-order valence-electron chi connectivity index (χ1n) is 11.2. The van der Waals surface area contributed by atoms with Crippen LogP contribution in [0.25, 0.3) is 0 Å². The van der Waals surface area contributed by atoms with Gasteiger partial charge in [0.15, 0.2) is 0 Å². The van der Waals surface area contributed by atoms with Crippen LogP contribution in [0.3, 0.4) is 0 Å². The summed E-state index contributed by atoms with van der Waals surface area (Å²) in [5, 5.41) is 0. The molecule has 3 aliphatic heterocycles. The molecule has 5 heterocycles. The third-order valence-electron chi connectivity index (χ3n) is 7.13. The second-order valence-corrected chi connectivity index (χ2v) is 9.53. The van der Waals surface area contributed by atoms with Gasteiger partial charge < -0.3 is 9.47 Å². The highest BCUT2D eigenvalue weighted by Crippen LogP contribution is 2.35. The van der Waals surface area contributed by atoms with Crippen LogP contribution in [0.2, 0.25) is 0 Å². The number of nitrogens with zero attached hydrogens (tertiary/aromatic N) is 6. The van der Waals surface area contributed by atoms with Gasteiger partial charge in [0.05, 0.1) is 5.69 Å². The summed E-state index contributed by atoms with van der Waals surface area (Å²) in [6.45, 7) is 6.60. The van der Waals surface area contributed by atoms with Gasteiger partial charge in [-0.2, -0.15) is 0 Å². The molecule has 0 saturated carbocycles. The highest BCUT2D eigenvalue weighted by Gasteiger charge is 2.35. The van der Waals surface area contributed by atoms with Crippen LogP contribution in [-0.2, 0) is 19.6 Å². The molecule has 3 atom stereocenters. The Labute approximate surface area is 178 Å². The maximum Gasteiger partial charge on any atom is 0.255 e. The molecule has 160 valence electrons. The van der Waals surface area contributed by atoms with E-state index < -0.39 is 0 Å². The Kier molecular flexibility index (Phi) is 5.43. The van der Waals surface area contributed by atoms with Crippen molar-refractivity contribution in [2.45, 2.75) is 44.4 Å². The molecule has 2 fully saturated rings. The number of fused-ring (bicyclic) bond motifs is 4. The molecule has 3 aliphatic rings. The molecule has 2 aromatic heterocycles. The summed E-state index contributed by atoms with van der Waals surface area (Å²) < 4.78 is 2.09. The predicted octanol–water partition coefficient (Wildman–Crippen LogP) is 1.39. The van der Waals surface area contributed by atoms with Crippen molar-refractivity contribution < 1.29 is 0 Å². The van der Waals surface area contributed by atoms with E-state index >= 15 is 0 Å². The Bertz CT molecular complexity index is 942. The van der Waals surface area contributed by atoms with Gasteiger partial charge in [0.1, 0.15) is 0 Å². The molecular weight excluding hydrogens is 376 g/mol. The summed E-state index contributed by atoms with van der Waals surface area (Å²) in [5.74, 6) is 0.964. The van der Waals surface area contributed by atoms with Gasteiger partial charge in [-0.25, -0.2) is 0 Å². The number of aromatic nitrogens is 3. The third kappa shape index (κ3) is 3.94. The fourth-order valence-corrected chi connectivity index (χ4v) is 5.60. The quantitative estimate of drug-likeness (QED) is 0.745. The van der Waals surface area contributed by atoms with E-state index in [0.717, 1.165) is 57.1 Å².